The van der Waals surface area contributed by atoms with E-state index in [9.17, 15) is 9.59 Å². The maximum absolute atomic E-state index is 11.7. The number of hydrogen-bond acceptors (Lipinski definition) is 7. The summed E-state index contributed by atoms with van der Waals surface area (Å²) in [6.45, 7) is 2.79. The number of hydrogen-bond donors (Lipinski definition) is 0. The van der Waals surface area contributed by atoms with Crippen LogP contribution in [0.3, 0.4) is 0 Å². The van der Waals surface area contributed by atoms with E-state index in [1.165, 1.54) is 40.1 Å². The van der Waals surface area contributed by atoms with Gasteiger partial charge in [-0.25, -0.2) is 0 Å². The molecule has 1 rings (SSSR count). The summed E-state index contributed by atoms with van der Waals surface area (Å²) in [5, 5.41) is 0. The van der Waals surface area contributed by atoms with Gasteiger partial charge >= 0.3 is 5.97 Å². The molecule has 0 bridgehead atoms. The zero-order valence-corrected chi connectivity index (χ0v) is 13.9. The molecule has 22 heavy (non-hydrogen) atoms. The first kappa shape index (κ1) is 18.8. The van der Waals surface area contributed by atoms with Gasteiger partial charge in [0, 0.05) is 42.2 Å². The van der Waals surface area contributed by atoms with Gasteiger partial charge in [-0.15, -0.1) is 0 Å². The number of rotatable bonds is 6. The van der Waals surface area contributed by atoms with Crippen molar-refractivity contribution in [3.63, 3.8) is 0 Å². The first-order chi connectivity index (χ1) is 10.4. The summed E-state index contributed by atoms with van der Waals surface area (Å²) in [6.07, 6.45) is -2.27. The lowest BCUT2D eigenvalue weighted by atomic mass is 9.95. The van der Waals surface area contributed by atoms with Crippen LogP contribution in [0.5, 0.6) is 0 Å². The molecule has 0 radical (unpaired) electrons. The van der Waals surface area contributed by atoms with E-state index < -0.39 is 36.6 Å². The average molecular weight is 319 g/mol. The van der Waals surface area contributed by atoms with Gasteiger partial charge in [-0.3, -0.25) is 9.59 Å². The van der Waals surface area contributed by atoms with Gasteiger partial charge in [0.05, 0.1) is 0 Å². The number of esters is 1. The Kier molecular flexibility index (Phi) is 7.21. The standard InChI is InChI=1S/C14H25NO7/c1-8(16)15(3)11-13(19-5)12(18-4)10(7-21-9(2)17)22-14(11)20-6/h10-14H,7H2,1-6H3/t10-,11-,12+,13-,14+/m1/s1. The second-order valence-corrected chi connectivity index (χ2v) is 5.10. The van der Waals surface area contributed by atoms with Crippen molar-refractivity contribution in [1.29, 1.82) is 0 Å². The first-order valence-electron chi connectivity index (χ1n) is 6.97. The van der Waals surface area contributed by atoms with Crippen molar-refractivity contribution in [2.24, 2.45) is 0 Å². The Balaban J connectivity index is 3.02. The third kappa shape index (κ3) is 4.16. The number of carbonyl (C=O) groups excluding carboxylic acids is 2. The average Bonchev–Trinajstić information content (AvgIpc) is 2.49. The predicted molar refractivity (Wildman–Crippen MR) is 76.1 cm³/mol. The maximum atomic E-state index is 11.7. The number of nitrogens with zero attached hydrogens (tertiary/aromatic N) is 1. The van der Waals surface area contributed by atoms with Crippen LogP contribution < -0.4 is 0 Å². The lowest BCUT2D eigenvalue weighted by Gasteiger charge is -2.47. The SMILES string of the molecule is CO[C@H]1O[C@H](COC(C)=O)[C@H](OC)[C@H](OC)[C@H]1N(C)C(C)=O. The molecule has 8 nitrogen and oxygen atoms in total. The Hall–Kier alpha value is -1.22. The van der Waals surface area contributed by atoms with Crippen LogP contribution in [0, 0.1) is 0 Å². The fourth-order valence-corrected chi connectivity index (χ4v) is 2.59. The molecule has 8 heteroatoms. The molecule has 5 atom stereocenters. The van der Waals surface area contributed by atoms with Gasteiger partial charge in [-0.05, 0) is 0 Å². The van der Waals surface area contributed by atoms with Crippen LogP contribution in [0.2, 0.25) is 0 Å². The van der Waals surface area contributed by atoms with Crippen molar-refractivity contribution in [1.82, 2.24) is 4.90 Å². The zero-order chi connectivity index (χ0) is 16.9. The molecule has 0 saturated carbocycles. The monoisotopic (exact) mass is 319 g/mol. The summed E-state index contributed by atoms with van der Waals surface area (Å²) in [5.74, 6) is -0.560. The molecule has 0 aromatic heterocycles. The molecule has 0 aromatic carbocycles. The smallest absolute Gasteiger partial charge is 0.302 e. The summed E-state index contributed by atoms with van der Waals surface area (Å²) >= 11 is 0. The summed E-state index contributed by atoms with van der Waals surface area (Å²) in [7, 11) is 6.17. The van der Waals surface area contributed by atoms with E-state index in [1.54, 1.807) is 7.05 Å². The number of carbonyl (C=O) groups is 2. The number of likely N-dealkylation sites (N-methyl/N-ethyl adjacent to an activating group) is 1. The second-order valence-electron chi connectivity index (χ2n) is 5.10. The molecule has 128 valence electrons. The number of amides is 1. The van der Waals surface area contributed by atoms with Gasteiger partial charge in [-0.1, -0.05) is 0 Å². The van der Waals surface area contributed by atoms with Crippen molar-refractivity contribution in [2.75, 3.05) is 35.0 Å². The van der Waals surface area contributed by atoms with Crippen LogP contribution in [-0.2, 0) is 33.3 Å². The lowest BCUT2D eigenvalue weighted by Crippen LogP contribution is -2.65. The Morgan fingerprint density at radius 3 is 2.05 bits per heavy atom. The molecule has 1 aliphatic heterocycles. The van der Waals surface area contributed by atoms with Crippen LogP contribution in [0.4, 0.5) is 0 Å². The third-order valence-corrected chi connectivity index (χ3v) is 3.79. The number of ether oxygens (including phenoxy) is 5. The maximum Gasteiger partial charge on any atom is 0.302 e. The van der Waals surface area contributed by atoms with E-state index in [0.29, 0.717) is 0 Å². The molecule has 0 N–H and O–H groups in total. The minimum Gasteiger partial charge on any atom is -0.463 e. The fraction of sp³-hybridized carbons (Fsp3) is 0.857. The van der Waals surface area contributed by atoms with Crippen molar-refractivity contribution in [3.05, 3.63) is 0 Å². The van der Waals surface area contributed by atoms with Crippen molar-refractivity contribution < 1.29 is 33.3 Å². The molecule has 0 spiro atoms. The fourth-order valence-electron chi connectivity index (χ4n) is 2.59. The summed E-state index contributed by atoms with van der Waals surface area (Å²) < 4.78 is 27.1. The highest BCUT2D eigenvalue weighted by Crippen LogP contribution is 2.29. The van der Waals surface area contributed by atoms with Crippen LogP contribution in [0.1, 0.15) is 13.8 Å². The molecule has 0 unspecified atom stereocenters. The molecule has 1 saturated heterocycles. The second kappa shape index (κ2) is 8.42. The van der Waals surface area contributed by atoms with Gasteiger partial charge < -0.3 is 28.6 Å². The van der Waals surface area contributed by atoms with Crippen molar-refractivity contribution >= 4 is 11.9 Å². The minimum atomic E-state index is -0.717. The molecule has 1 heterocycles. The predicted octanol–water partition coefficient (Wildman–Crippen LogP) is -0.202. The topological polar surface area (TPSA) is 83.5 Å². The van der Waals surface area contributed by atoms with Crippen molar-refractivity contribution in [3.8, 4) is 0 Å². The van der Waals surface area contributed by atoms with Crippen LogP contribution in [0.15, 0.2) is 0 Å². The van der Waals surface area contributed by atoms with E-state index in [-0.39, 0.29) is 12.5 Å². The van der Waals surface area contributed by atoms with E-state index in [4.69, 9.17) is 23.7 Å². The Labute approximate surface area is 130 Å². The highest BCUT2D eigenvalue weighted by atomic mass is 16.7. The largest absolute Gasteiger partial charge is 0.463 e. The Morgan fingerprint density at radius 1 is 1.05 bits per heavy atom. The third-order valence-electron chi connectivity index (χ3n) is 3.79. The normalized spacial score (nSPS) is 31.6. The van der Waals surface area contributed by atoms with Crippen LogP contribution in [-0.4, -0.2) is 82.4 Å². The summed E-state index contributed by atoms with van der Waals surface area (Å²) in [6, 6.07) is -0.481. The molecular formula is C14H25NO7. The van der Waals surface area contributed by atoms with E-state index in [1.807, 2.05) is 0 Å². The van der Waals surface area contributed by atoms with Gasteiger partial charge in [0.25, 0.3) is 0 Å². The molecule has 0 aromatic rings. The lowest BCUT2D eigenvalue weighted by molar-refractivity contribution is -0.285. The van der Waals surface area contributed by atoms with Crippen molar-refractivity contribution in [2.45, 2.75) is 44.5 Å². The van der Waals surface area contributed by atoms with Crippen LogP contribution >= 0.6 is 0 Å². The van der Waals surface area contributed by atoms with Crippen LogP contribution in [0.25, 0.3) is 0 Å². The summed E-state index contributed by atoms with van der Waals surface area (Å²) in [4.78, 5) is 24.2. The minimum absolute atomic E-state index is 0.0179. The van der Waals surface area contributed by atoms with E-state index in [2.05, 4.69) is 0 Å². The molecule has 1 amide bonds. The Morgan fingerprint density at radius 2 is 1.64 bits per heavy atom. The Bertz CT molecular complexity index is 389. The molecule has 1 fully saturated rings. The quantitative estimate of drug-likeness (QED) is 0.627. The van der Waals surface area contributed by atoms with Gasteiger partial charge in [0.15, 0.2) is 6.29 Å². The highest BCUT2D eigenvalue weighted by Gasteiger charge is 2.49. The summed E-state index contributed by atoms with van der Waals surface area (Å²) in [5.41, 5.74) is 0. The number of methoxy groups -OCH3 is 3. The van der Waals surface area contributed by atoms with Gasteiger partial charge in [-0.2, -0.15) is 0 Å². The molecular weight excluding hydrogens is 294 g/mol. The van der Waals surface area contributed by atoms with E-state index >= 15 is 0 Å². The molecule has 0 aliphatic carbocycles. The first-order valence-corrected chi connectivity index (χ1v) is 6.97. The molecule has 1 aliphatic rings. The highest BCUT2D eigenvalue weighted by molar-refractivity contribution is 5.73. The zero-order valence-electron chi connectivity index (χ0n) is 13.9. The van der Waals surface area contributed by atoms with E-state index in [0.717, 1.165) is 0 Å². The van der Waals surface area contributed by atoms with Gasteiger partial charge in [0.1, 0.15) is 31.0 Å². The van der Waals surface area contributed by atoms with Gasteiger partial charge in [0.2, 0.25) is 5.91 Å².